The molecular weight excluding hydrogens is 136 g/mol. The summed E-state index contributed by atoms with van der Waals surface area (Å²) >= 11 is 0. The van der Waals surface area contributed by atoms with Gasteiger partial charge in [0, 0.05) is 7.11 Å². The second-order valence-electron chi connectivity index (χ2n) is 1.69. The maximum Gasteiger partial charge on any atom is 0.308 e. The minimum atomic E-state index is -0.674. The molecule has 0 unspecified atom stereocenters. The van der Waals surface area contributed by atoms with Gasteiger partial charge in [-0.05, 0) is 0 Å². The maximum atomic E-state index is 10.5. The van der Waals surface area contributed by atoms with Crippen molar-refractivity contribution in [2.45, 2.75) is 12.5 Å². The van der Waals surface area contributed by atoms with Crippen molar-refractivity contribution in [3.63, 3.8) is 0 Å². The van der Waals surface area contributed by atoms with Gasteiger partial charge in [-0.15, -0.1) is 0 Å². The van der Waals surface area contributed by atoms with Crippen LogP contribution < -0.4 is 0 Å². The van der Waals surface area contributed by atoms with Crippen LogP contribution in [0.15, 0.2) is 0 Å². The van der Waals surface area contributed by atoms with Crippen molar-refractivity contribution in [3.05, 3.63) is 0 Å². The largest absolute Gasteiger partial charge is 0.469 e. The fraction of sp³-hybridized carbons (Fsp3) is 0.667. The first-order valence-corrected chi connectivity index (χ1v) is 2.79. The van der Waals surface area contributed by atoms with Crippen LogP contribution in [0.25, 0.3) is 0 Å². The summed E-state index contributed by atoms with van der Waals surface area (Å²) in [5.41, 5.74) is 0. The highest BCUT2D eigenvalue weighted by molar-refractivity contribution is 5.74. The molecule has 0 N–H and O–H groups in total. The van der Waals surface area contributed by atoms with Crippen molar-refractivity contribution in [3.8, 4) is 0 Å². The van der Waals surface area contributed by atoms with E-state index < -0.39 is 12.1 Å². The molecule has 10 heavy (non-hydrogen) atoms. The third kappa shape index (κ3) is 3.19. The number of rotatable bonds is 4. The number of ether oxygens (including phenoxy) is 2. The summed E-state index contributed by atoms with van der Waals surface area (Å²) in [5.74, 6) is -0.445. The molecule has 0 heterocycles. The van der Waals surface area contributed by atoms with Gasteiger partial charge in [0.1, 0.15) is 12.4 Å². The van der Waals surface area contributed by atoms with Gasteiger partial charge in [0.25, 0.3) is 0 Å². The van der Waals surface area contributed by atoms with E-state index in [9.17, 15) is 9.59 Å². The highest BCUT2D eigenvalue weighted by atomic mass is 16.5. The third-order valence-corrected chi connectivity index (χ3v) is 1.05. The zero-order valence-electron chi connectivity index (χ0n) is 5.99. The average molecular weight is 146 g/mol. The van der Waals surface area contributed by atoms with Crippen LogP contribution in [0.5, 0.6) is 0 Å². The molecular formula is C6H10O4. The highest BCUT2D eigenvalue weighted by Gasteiger charge is 2.10. The Morgan fingerprint density at radius 2 is 2.20 bits per heavy atom. The molecule has 0 saturated carbocycles. The Morgan fingerprint density at radius 3 is 2.50 bits per heavy atom. The van der Waals surface area contributed by atoms with Gasteiger partial charge in [-0.2, -0.15) is 0 Å². The van der Waals surface area contributed by atoms with Gasteiger partial charge in [0.05, 0.1) is 13.5 Å². The summed E-state index contributed by atoms with van der Waals surface area (Å²) in [6.45, 7) is 0. The van der Waals surface area contributed by atoms with Gasteiger partial charge in [-0.25, -0.2) is 0 Å². The molecule has 58 valence electrons. The number of aldehydes is 1. The lowest BCUT2D eigenvalue weighted by atomic mass is 10.3. The molecule has 0 aromatic heterocycles. The molecule has 0 rings (SSSR count). The minimum absolute atomic E-state index is 0.0174. The molecule has 0 radical (unpaired) electrons. The van der Waals surface area contributed by atoms with Crippen LogP contribution in [-0.2, 0) is 19.1 Å². The van der Waals surface area contributed by atoms with E-state index in [1.807, 2.05) is 0 Å². The Morgan fingerprint density at radius 1 is 1.60 bits per heavy atom. The predicted molar refractivity (Wildman–Crippen MR) is 33.5 cm³/mol. The molecule has 4 nitrogen and oxygen atoms in total. The summed E-state index contributed by atoms with van der Waals surface area (Å²) in [5, 5.41) is 0. The van der Waals surface area contributed by atoms with Crippen molar-refractivity contribution in [2.24, 2.45) is 0 Å². The standard InChI is InChI=1S/C6H10O4/c1-9-5(4-7)3-6(8)10-2/h4-5H,3H2,1-2H3/t5-/m0/s1. The predicted octanol–water partition coefficient (Wildman–Crippen LogP) is -0.237. The van der Waals surface area contributed by atoms with Crippen molar-refractivity contribution in [1.29, 1.82) is 0 Å². The monoisotopic (exact) mass is 146 g/mol. The first-order chi connectivity index (χ1) is 4.74. The zero-order chi connectivity index (χ0) is 7.98. The molecule has 4 heteroatoms. The van der Waals surface area contributed by atoms with Gasteiger partial charge in [-0.3, -0.25) is 4.79 Å². The van der Waals surface area contributed by atoms with Crippen LogP contribution in [-0.4, -0.2) is 32.6 Å². The van der Waals surface area contributed by atoms with Gasteiger partial charge < -0.3 is 14.3 Å². The summed E-state index contributed by atoms with van der Waals surface area (Å²) in [6.07, 6.45) is -0.125. The van der Waals surface area contributed by atoms with E-state index in [-0.39, 0.29) is 6.42 Å². The summed E-state index contributed by atoms with van der Waals surface area (Å²) < 4.78 is 8.91. The molecule has 0 aliphatic rings. The Bertz CT molecular complexity index is 121. The number of methoxy groups -OCH3 is 2. The summed E-state index contributed by atoms with van der Waals surface area (Å²) in [4.78, 5) is 20.5. The van der Waals surface area contributed by atoms with Crippen LogP contribution in [0.1, 0.15) is 6.42 Å². The van der Waals surface area contributed by atoms with Gasteiger partial charge in [0.15, 0.2) is 0 Å². The number of esters is 1. The Kier molecular flexibility index (Phi) is 4.49. The topological polar surface area (TPSA) is 52.6 Å². The smallest absolute Gasteiger partial charge is 0.308 e. The molecule has 0 aliphatic carbocycles. The van der Waals surface area contributed by atoms with Gasteiger partial charge in [0.2, 0.25) is 0 Å². The average Bonchev–Trinajstić information content (AvgIpc) is 1.99. The molecule has 0 fully saturated rings. The van der Waals surface area contributed by atoms with Gasteiger partial charge in [-0.1, -0.05) is 0 Å². The minimum Gasteiger partial charge on any atom is -0.469 e. The van der Waals surface area contributed by atoms with E-state index in [0.29, 0.717) is 6.29 Å². The lowest BCUT2D eigenvalue weighted by Gasteiger charge is -2.04. The van der Waals surface area contributed by atoms with Crippen LogP contribution in [0.3, 0.4) is 0 Å². The Hall–Kier alpha value is -0.900. The normalized spacial score (nSPS) is 12.2. The van der Waals surface area contributed by atoms with Crippen molar-refractivity contribution in [2.75, 3.05) is 14.2 Å². The quantitative estimate of drug-likeness (QED) is 0.406. The molecule has 0 bridgehead atoms. The Balaban J connectivity index is 3.62. The molecule has 0 aromatic rings. The van der Waals surface area contributed by atoms with Crippen LogP contribution >= 0.6 is 0 Å². The molecule has 1 atom stereocenters. The van der Waals surface area contributed by atoms with E-state index in [1.165, 1.54) is 14.2 Å². The van der Waals surface area contributed by atoms with Crippen LogP contribution in [0, 0.1) is 0 Å². The molecule has 0 spiro atoms. The summed E-state index contributed by atoms with van der Waals surface area (Å²) in [7, 11) is 2.63. The third-order valence-electron chi connectivity index (χ3n) is 1.05. The second-order valence-corrected chi connectivity index (χ2v) is 1.69. The van der Waals surface area contributed by atoms with Crippen molar-refractivity contribution >= 4 is 12.3 Å². The maximum absolute atomic E-state index is 10.5. The van der Waals surface area contributed by atoms with E-state index in [2.05, 4.69) is 9.47 Å². The van der Waals surface area contributed by atoms with Crippen LogP contribution in [0.4, 0.5) is 0 Å². The van der Waals surface area contributed by atoms with E-state index >= 15 is 0 Å². The second kappa shape index (κ2) is 4.93. The number of hydrogen-bond acceptors (Lipinski definition) is 4. The lowest BCUT2D eigenvalue weighted by molar-refractivity contribution is -0.144. The number of carbonyl (C=O) groups excluding carboxylic acids is 2. The van der Waals surface area contributed by atoms with E-state index in [1.54, 1.807) is 0 Å². The van der Waals surface area contributed by atoms with Crippen molar-refractivity contribution < 1.29 is 19.1 Å². The van der Waals surface area contributed by atoms with Crippen molar-refractivity contribution in [1.82, 2.24) is 0 Å². The first kappa shape index (κ1) is 9.10. The highest BCUT2D eigenvalue weighted by Crippen LogP contribution is 1.94. The fourth-order valence-corrected chi connectivity index (χ4v) is 0.435. The number of hydrogen-bond donors (Lipinski definition) is 0. The fourth-order valence-electron chi connectivity index (χ4n) is 0.435. The molecule has 0 amide bonds. The molecule has 0 aromatic carbocycles. The van der Waals surface area contributed by atoms with E-state index in [0.717, 1.165) is 0 Å². The lowest BCUT2D eigenvalue weighted by Crippen LogP contribution is -2.18. The Labute approximate surface area is 59.1 Å². The van der Waals surface area contributed by atoms with Gasteiger partial charge >= 0.3 is 5.97 Å². The first-order valence-electron chi connectivity index (χ1n) is 2.79. The van der Waals surface area contributed by atoms with E-state index in [4.69, 9.17) is 0 Å². The molecule has 0 saturated heterocycles. The SMILES string of the molecule is COC(=O)C[C@@H](C=O)OC. The summed E-state index contributed by atoms with van der Waals surface area (Å²) in [6, 6.07) is 0. The number of carbonyl (C=O) groups is 2. The van der Waals surface area contributed by atoms with Crippen LogP contribution in [0.2, 0.25) is 0 Å². The molecule has 0 aliphatic heterocycles. The zero-order valence-corrected chi connectivity index (χ0v) is 5.99.